The number of nitrogens with zero attached hydrogens (tertiary/aromatic N) is 1. The van der Waals surface area contributed by atoms with Gasteiger partial charge < -0.3 is 4.52 Å². The molecular weight excluding hydrogens is 312 g/mol. The number of sulfonamides is 1. The number of rotatable bonds is 6. The number of hydrogen-bond acceptors (Lipinski definition) is 4. The van der Waals surface area contributed by atoms with Crippen molar-refractivity contribution in [3.8, 4) is 0 Å². The van der Waals surface area contributed by atoms with Crippen LogP contribution in [0.5, 0.6) is 0 Å². The van der Waals surface area contributed by atoms with Crippen LogP contribution in [-0.2, 0) is 29.3 Å². The van der Waals surface area contributed by atoms with E-state index in [0.29, 0.717) is 24.3 Å². The maximum atomic E-state index is 12.4. The Morgan fingerprint density at radius 3 is 2.70 bits per heavy atom. The molecule has 1 aromatic carbocycles. The maximum absolute atomic E-state index is 12.4. The fraction of sp³-hybridized carbons (Fsp3) is 0.471. The molecule has 0 fully saturated rings. The lowest BCUT2D eigenvalue weighted by molar-refractivity contribution is 0.377. The van der Waals surface area contributed by atoms with Gasteiger partial charge in [0.1, 0.15) is 5.76 Å². The largest absolute Gasteiger partial charge is 0.361 e. The molecule has 2 aromatic rings. The predicted octanol–water partition coefficient (Wildman–Crippen LogP) is 2.77. The molecule has 1 aliphatic rings. The second-order valence-electron chi connectivity index (χ2n) is 6.07. The third-order valence-corrected chi connectivity index (χ3v) is 5.66. The number of benzene rings is 1. The number of hydrogen-bond donors (Lipinski definition) is 1. The zero-order chi connectivity index (χ0) is 16.3. The molecule has 124 valence electrons. The molecule has 0 atom stereocenters. The third kappa shape index (κ3) is 4.00. The molecule has 0 amide bonds. The molecule has 0 saturated carbocycles. The summed E-state index contributed by atoms with van der Waals surface area (Å²) in [5.74, 6) is 0.787. The zero-order valence-corrected chi connectivity index (χ0v) is 14.2. The van der Waals surface area contributed by atoms with Gasteiger partial charge in [-0.15, -0.1) is 0 Å². The van der Waals surface area contributed by atoms with Crippen molar-refractivity contribution in [1.29, 1.82) is 0 Å². The Labute approximate surface area is 137 Å². The van der Waals surface area contributed by atoms with Gasteiger partial charge in [-0.2, -0.15) is 0 Å². The van der Waals surface area contributed by atoms with Crippen LogP contribution in [0.3, 0.4) is 0 Å². The van der Waals surface area contributed by atoms with Gasteiger partial charge in [-0.25, -0.2) is 13.1 Å². The summed E-state index contributed by atoms with van der Waals surface area (Å²) in [4.78, 5) is 0.369. The zero-order valence-electron chi connectivity index (χ0n) is 13.3. The van der Waals surface area contributed by atoms with Gasteiger partial charge in [-0.1, -0.05) is 11.2 Å². The summed E-state index contributed by atoms with van der Waals surface area (Å²) in [7, 11) is -3.44. The quantitative estimate of drug-likeness (QED) is 0.825. The van der Waals surface area contributed by atoms with Crippen molar-refractivity contribution in [2.24, 2.45) is 0 Å². The van der Waals surface area contributed by atoms with Crippen LogP contribution in [0.2, 0.25) is 0 Å². The van der Waals surface area contributed by atoms with Crippen LogP contribution in [0.25, 0.3) is 0 Å². The SMILES string of the molecule is Cc1cc(CCCNS(=O)(=O)c2ccc3c(c2)CCCC3)on1. The van der Waals surface area contributed by atoms with Crippen LogP contribution in [0.15, 0.2) is 33.7 Å². The van der Waals surface area contributed by atoms with E-state index in [4.69, 9.17) is 4.52 Å². The number of fused-ring (bicyclic) bond motifs is 1. The molecule has 6 heteroatoms. The highest BCUT2D eigenvalue weighted by molar-refractivity contribution is 7.89. The summed E-state index contributed by atoms with van der Waals surface area (Å²) in [6.07, 6.45) is 5.72. The molecule has 5 nitrogen and oxygen atoms in total. The molecule has 1 heterocycles. The van der Waals surface area contributed by atoms with Crippen LogP contribution in [0.4, 0.5) is 0 Å². The van der Waals surface area contributed by atoms with E-state index < -0.39 is 10.0 Å². The Bertz CT molecular complexity index is 781. The van der Waals surface area contributed by atoms with E-state index in [1.165, 1.54) is 17.5 Å². The lowest BCUT2D eigenvalue weighted by atomic mass is 9.92. The van der Waals surface area contributed by atoms with Crippen molar-refractivity contribution in [3.05, 3.63) is 46.8 Å². The van der Waals surface area contributed by atoms with Gasteiger partial charge in [0.25, 0.3) is 0 Å². The van der Waals surface area contributed by atoms with Gasteiger partial charge in [-0.3, -0.25) is 0 Å². The molecule has 3 rings (SSSR count). The fourth-order valence-electron chi connectivity index (χ4n) is 2.96. The molecule has 0 unspecified atom stereocenters. The average molecular weight is 334 g/mol. The smallest absolute Gasteiger partial charge is 0.240 e. The lowest BCUT2D eigenvalue weighted by Gasteiger charge is -2.16. The number of aryl methyl sites for hydroxylation is 4. The van der Waals surface area contributed by atoms with Gasteiger partial charge >= 0.3 is 0 Å². The molecule has 1 aliphatic carbocycles. The topological polar surface area (TPSA) is 72.2 Å². The number of aromatic nitrogens is 1. The minimum atomic E-state index is -3.44. The lowest BCUT2D eigenvalue weighted by Crippen LogP contribution is -2.25. The Morgan fingerprint density at radius 1 is 1.17 bits per heavy atom. The van der Waals surface area contributed by atoms with Crippen molar-refractivity contribution in [2.45, 2.75) is 50.3 Å². The summed E-state index contributed by atoms with van der Waals surface area (Å²) in [5, 5.41) is 3.82. The summed E-state index contributed by atoms with van der Waals surface area (Å²) in [5.41, 5.74) is 3.31. The van der Waals surface area contributed by atoms with E-state index >= 15 is 0 Å². The van der Waals surface area contributed by atoms with Crippen molar-refractivity contribution < 1.29 is 12.9 Å². The predicted molar refractivity (Wildman–Crippen MR) is 87.8 cm³/mol. The highest BCUT2D eigenvalue weighted by Gasteiger charge is 2.17. The molecule has 0 saturated heterocycles. The first-order valence-corrected chi connectivity index (χ1v) is 9.56. The van der Waals surface area contributed by atoms with Gasteiger partial charge in [0.2, 0.25) is 10.0 Å². The van der Waals surface area contributed by atoms with E-state index in [1.807, 2.05) is 25.1 Å². The Balaban J connectivity index is 1.58. The van der Waals surface area contributed by atoms with Crippen molar-refractivity contribution in [2.75, 3.05) is 6.54 Å². The monoisotopic (exact) mass is 334 g/mol. The van der Waals surface area contributed by atoms with E-state index in [-0.39, 0.29) is 0 Å². The first-order valence-electron chi connectivity index (χ1n) is 8.08. The van der Waals surface area contributed by atoms with E-state index in [2.05, 4.69) is 9.88 Å². The van der Waals surface area contributed by atoms with Crippen LogP contribution < -0.4 is 4.72 Å². The van der Waals surface area contributed by atoms with Gasteiger partial charge in [0.15, 0.2) is 0 Å². The van der Waals surface area contributed by atoms with Crippen LogP contribution in [0, 0.1) is 6.92 Å². The summed E-state index contributed by atoms with van der Waals surface area (Å²) >= 11 is 0. The number of nitrogens with one attached hydrogen (secondary N) is 1. The van der Waals surface area contributed by atoms with E-state index in [1.54, 1.807) is 6.07 Å². The minimum Gasteiger partial charge on any atom is -0.361 e. The summed E-state index contributed by atoms with van der Waals surface area (Å²) < 4.78 is 32.6. The standard InChI is InChI=1S/C17H22N2O3S/c1-13-11-16(22-19-13)7-4-10-18-23(20,21)17-9-8-14-5-2-3-6-15(14)12-17/h8-9,11-12,18H,2-7,10H2,1H3. The second kappa shape index (κ2) is 6.84. The molecule has 1 N–H and O–H groups in total. The molecule has 0 bridgehead atoms. The minimum absolute atomic E-state index is 0.369. The van der Waals surface area contributed by atoms with E-state index in [9.17, 15) is 8.42 Å². The Morgan fingerprint density at radius 2 is 1.96 bits per heavy atom. The first-order chi connectivity index (χ1) is 11.0. The maximum Gasteiger partial charge on any atom is 0.240 e. The molecule has 0 aliphatic heterocycles. The molecule has 0 radical (unpaired) electrons. The normalized spacial score (nSPS) is 14.7. The van der Waals surface area contributed by atoms with Crippen molar-refractivity contribution in [1.82, 2.24) is 9.88 Å². The molecule has 1 aromatic heterocycles. The van der Waals surface area contributed by atoms with E-state index in [0.717, 1.165) is 30.7 Å². The third-order valence-electron chi connectivity index (χ3n) is 4.20. The summed E-state index contributed by atoms with van der Waals surface area (Å²) in [6, 6.07) is 7.38. The van der Waals surface area contributed by atoms with Gasteiger partial charge in [-0.05, 0) is 62.3 Å². The van der Waals surface area contributed by atoms with Crippen molar-refractivity contribution in [3.63, 3.8) is 0 Å². The molecular formula is C17H22N2O3S. The second-order valence-corrected chi connectivity index (χ2v) is 7.84. The average Bonchev–Trinajstić information content (AvgIpc) is 2.96. The van der Waals surface area contributed by atoms with Gasteiger partial charge in [0, 0.05) is 19.0 Å². The highest BCUT2D eigenvalue weighted by Crippen LogP contribution is 2.24. The van der Waals surface area contributed by atoms with Crippen LogP contribution in [0.1, 0.15) is 41.8 Å². The summed E-state index contributed by atoms with van der Waals surface area (Å²) in [6.45, 7) is 2.25. The van der Waals surface area contributed by atoms with Crippen LogP contribution in [-0.4, -0.2) is 20.1 Å². The molecule has 0 spiro atoms. The first kappa shape index (κ1) is 16.2. The fourth-order valence-corrected chi connectivity index (χ4v) is 4.09. The highest BCUT2D eigenvalue weighted by atomic mass is 32.2. The van der Waals surface area contributed by atoms with Crippen molar-refractivity contribution >= 4 is 10.0 Å². The van der Waals surface area contributed by atoms with Gasteiger partial charge in [0.05, 0.1) is 10.6 Å². The Hall–Kier alpha value is -1.66. The molecule has 23 heavy (non-hydrogen) atoms. The van der Waals surface area contributed by atoms with Crippen LogP contribution >= 0.6 is 0 Å². The Kier molecular flexibility index (Phi) is 4.82.